The number of carbonyl (C=O) groups is 1. The van der Waals surface area contributed by atoms with Crippen LogP contribution in [0.15, 0.2) is 36.4 Å². The molecule has 0 heterocycles. The van der Waals surface area contributed by atoms with E-state index < -0.39 is 5.82 Å². The van der Waals surface area contributed by atoms with E-state index in [-0.39, 0.29) is 11.6 Å². The molecular weight excluding hydrogens is 267 g/mol. The van der Waals surface area contributed by atoms with Crippen molar-refractivity contribution >= 4 is 17.3 Å². The summed E-state index contributed by atoms with van der Waals surface area (Å²) in [7, 11) is 0. The number of carbonyl (C=O) groups excluding carboxylic acids is 1. The van der Waals surface area contributed by atoms with Crippen LogP contribution in [0, 0.1) is 19.7 Å². The molecule has 0 aliphatic heterocycles. The molecule has 0 saturated carbocycles. The van der Waals surface area contributed by atoms with Crippen LogP contribution in [0.1, 0.15) is 23.6 Å². The molecule has 110 valence electrons. The highest BCUT2D eigenvalue weighted by atomic mass is 19.1. The summed E-state index contributed by atoms with van der Waals surface area (Å²) >= 11 is 0. The summed E-state index contributed by atoms with van der Waals surface area (Å²) in [6, 6.07) is 10.9. The van der Waals surface area contributed by atoms with Crippen LogP contribution in [0.25, 0.3) is 0 Å². The van der Waals surface area contributed by atoms with Gasteiger partial charge in [-0.3, -0.25) is 4.79 Å². The Hall–Kier alpha value is -2.36. The fraction of sp³-hybridized carbons (Fsp3) is 0.235. The molecule has 0 bridgehead atoms. The standard InChI is InChI=1S/C17H19FN2O/c1-11-4-5-14(12(2)8-11)10-19-15-6-7-16(18)17(9-15)20-13(3)21/h4-9,19H,10H2,1-3H3,(H,20,21). The number of hydrogen-bond donors (Lipinski definition) is 2. The first kappa shape index (κ1) is 15.0. The molecule has 2 aromatic rings. The number of benzene rings is 2. The molecule has 0 aliphatic rings. The summed E-state index contributed by atoms with van der Waals surface area (Å²) in [6.45, 7) is 6.13. The molecule has 0 unspecified atom stereocenters. The van der Waals surface area contributed by atoms with Gasteiger partial charge in [0.25, 0.3) is 0 Å². The first-order valence-corrected chi connectivity index (χ1v) is 6.83. The van der Waals surface area contributed by atoms with Gasteiger partial charge in [-0.05, 0) is 43.2 Å². The highest BCUT2D eigenvalue weighted by Crippen LogP contribution is 2.21. The van der Waals surface area contributed by atoms with E-state index in [1.165, 1.54) is 29.7 Å². The van der Waals surface area contributed by atoms with Crippen LogP contribution in [-0.4, -0.2) is 5.91 Å². The van der Waals surface area contributed by atoms with Crippen LogP contribution in [0.3, 0.4) is 0 Å². The number of halogens is 1. The van der Waals surface area contributed by atoms with Gasteiger partial charge in [-0.15, -0.1) is 0 Å². The Kier molecular flexibility index (Phi) is 4.58. The van der Waals surface area contributed by atoms with Crippen LogP contribution in [0.5, 0.6) is 0 Å². The van der Waals surface area contributed by atoms with Gasteiger partial charge in [0.05, 0.1) is 5.69 Å². The van der Waals surface area contributed by atoms with Crippen molar-refractivity contribution in [2.45, 2.75) is 27.3 Å². The topological polar surface area (TPSA) is 41.1 Å². The number of hydrogen-bond acceptors (Lipinski definition) is 2. The molecule has 2 aromatic carbocycles. The number of nitrogens with one attached hydrogen (secondary N) is 2. The van der Waals surface area contributed by atoms with Crippen LogP contribution < -0.4 is 10.6 Å². The van der Waals surface area contributed by atoms with Gasteiger partial charge >= 0.3 is 0 Å². The number of anilines is 2. The molecule has 0 spiro atoms. The highest BCUT2D eigenvalue weighted by Gasteiger charge is 2.05. The molecule has 2 N–H and O–H groups in total. The van der Waals surface area contributed by atoms with E-state index in [1.807, 2.05) is 0 Å². The summed E-state index contributed by atoms with van der Waals surface area (Å²) in [6.07, 6.45) is 0. The van der Waals surface area contributed by atoms with Crippen molar-refractivity contribution in [2.24, 2.45) is 0 Å². The molecule has 4 heteroatoms. The second-order valence-corrected chi connectivity index (χ2v) is 5.16. The number of aryl methyl sites for hydroxylation is 2. The summed E-state index contributed by atoms with van der Waals surface area (Å²) in [5, 5.41) is 5.72. The quantitative estimate of drug-likeness (QED) is 0.891. The predicted octanol–water partition coefficient (Wildman–Crippen LogP) is 4.01. The molecule has 21 heavy (non-hydrogen) atoms. The van der Waals surface area contributed by atoms with Gasteiger partial charge in [0, 0.05) is 19.2 Å². The maximum atomic E-state index is 13.6. The van der Waals surface area contributed by atoms with Crippen LogP contribution in [0.4, 0.5) is 15.8 Å². The fourth-order valence-corrected chi connectivity index (χ4v) is 2.16. The second-order valence-electron chi connectivity index (χ2n) is 5.16. The van der Waals surface area contributed by atoms with E-state index in [0.717, 1.165) is 5.69 Å². The molecule has 0 aliphatic carbocycles. The minimum atomic E-state index is -0.442. The van der Waals surface area contributed by atoms with Gasteiger partial charge in [0.1, 0.15) is 5.82 Å². The number of amides is 1. The first-order valence-electron chi connectivity index (χ1n) is 6.83. The van der Waals surface area contributed by atoms with Crippen molar-refractivity contribution in [1.82, 2.24) is 0 Å². The Bertz CT molecular complexity index is 668. The molecule has 0 fully saturated rings. The van der Waals surface area contributed by atoms with Gasteiger partial charge in [0.15, 0.2) is 0 Å². The third-order valence-corrected chi connectivity index (χ3v) is 3.26. The molecule has 0 radical (unpaired) electrons. The minimum absolute atomic E-state index is 0.188. The molecule has 1 amide bonds. The molecular formula is C17H19FN2O. The average Bonchev–Trinajstić information content (AvgIpc) is 2.40. The summed E-state index contributed by atoms with van der Waals surface area (Å²) in [4.78, 5) is 11.0. The monoisotopic (exact) mass is 286 g/mol. The van der Waals surface area contributed by atoms with Crippen molar-refractivity contribution in [1.29, 1.82) is 0 Å². The van der Waals surface area contributed by atoms with E-state index in [1.54, 1.807) is 12.1 Å². The van der Waals surface area contributed by atoms with Crippen molar-refractivity contribution in [3.8, 4) is 0 Å². The zero-order chi connectivity index (χ0) is 15.4. The first-order chi connectivity index (χ1) is 9.95. The molecule has 0 saturated heterocycles. The zero-order valence-corrected chi connectivity index (χ0v) is 12.5. The molecule has 3 nitrogen and oxygen atoms in total. The lowest BCUT2D eigenvalue weighted by Crippen LogP contribution is -2.08. The lowest BCUT2D eigenvalue weighted by atomic mass is 10.1. The molecule has 0 aromatic heterocycles. The van der Waals surface area contributed by atoms with Gasteiger partial charge in [-0.25, -0.2) is 4.39 Å². The lowest BCUT2D eigenvalue weighted by molar-refractivity contribution is -0.114. The summed E-state index contributed by atoms with van der Waals surface area (Å²) in [5.41, 5.74) is 4.58. The van der Waals surface area contributed by atoms with Crippen LogP contribution >= 0.6 is 0 Å². The maximum Gasteiger partial charge on any atom is 0.221 e. The van der Waals surface area contributed by atoms with Gasteiger partial charge in [-0.2, -0.15) is 0 Å². The van der Waals surface area contributed by atoms with Crippen LogP contribution in [-0.2, 0) is 11.3 Å². The number of rotatable bonds is 4. The van der Waals surface area contributed by atoms with E-state index in [4.69, 9.17) is 0 Å². The van der Waals surface area contributed by atoms with E-state index >= 15 is 0 Å². The Morgan fingerprint density at radius 1 is 1.14 bits per heavy atom. The highest BCUT2D eigenvalue weighted by molar-refractivity contribution is 5.89. The van der Waals surface area contributed by atoms with Gasteiger partial charge in [0.2, 0.25) is 5.91 Å². The third kappa shape index (κ3) is 4.05. The van der Waals surface area contributed by atoms with Crippen molar-refractivity contribution < 1.29 is 9.18 Å². The van der Waals surface area contributed by atoms with Crippen molar-refractivity contribution in [2.75, 3.05) is 10.6 Å². The Morgan fingerprint density at radius 2 is 1.90 bits per heavy atom. The largest absolute Gasteiger partial charge is 0.381 e. The Labute approximate surface area is 124 Å². The van der Waals surface area contributed by atoms with E-state index in [2.05, 4.69) is 42.7 Å². The predicted molar refractivity (Wildman–Crippen MR) is 83.9 cm³/mol. The SMILES string of the molecule is CC(=O)Nc1cc(NCc2ccc(C)cc2C)ccc1F. The molecule has 0 atom stereocenters. The fourth-order valence-electron chi connectivity index (χ4n) is 2.16. The summed E-state index contributed by atoms with van der Waals surface area (Å²) < 4.78 is 13.6. The normalized spacial score (nSPS) is 10.3. The van der Waals surface area contributed by atoms with Crippen LogP contribution in [0.2, 0.25) is 0 Å². The van der Waals surface area contributed by atoms with E-state index in [9.17, 15) is 9.18 Å². The van der Waals surface area contributed by atoms with Gasteiger partial charge in [-0.1, -0.05) is 23.8 Å². The van der Waals surface area contributed by atoms with E-state index in [0.29, 0.717) is 6.54 Å². The summed E-state index contributed by atoms with van der Waals surface area (Å²) in [5.74, 6) is -0.734. The average molecular weight is 286 g/mol. The zero-order valence-electron chi connectivity index (χ0n) is 12.5. The van der Waals surface area contributed by atoms with Crippen molar-refractivity contribution in [3.05, 3.63) is 58.9 Å². The third-order valence-electron chi connectivity index (χ3n) is 3.26. The molecule has 2 rings (SSSR count). The smallest absolute Gasteiger partial charge is 0.221 e. The Morgan fingerprint density at radius 3 is 2.57 bits per heavy atom. The minimum Gasteiger partial charge on any atom is -0.381 e. The van der Waals surface area contributed by atoms with Gasteiger partial charge < -0.3 is 10.6 Å². The van der Waals surface area contributed by atoms with Crippen molar-refractivity contribution in [3.63, 3.8) is 0 Å². The lowest BCUT2D eigenvalue weighted by Gasteiger charge is -2.12. The second kappa shape index (κ2) is 6.39. The maximum absolute atomic E-state index is 13.6. The Balaban J connectivity index is 2.11.